The second-order valence-electron chi connectivity index (χ2n) is 6.43. The van der Waals surface area contributed by atoms with Crippen molar-refractivity contribution in [3.8, 4) is 0 Å². The molecule has 1 saturated heterocycles. The predicted octanol–water partition coefficient (Wildman–Crippen LogP) is 3.63. The number of aryl methyl sites for hydroxylation is 1. The average Bonchev–Trinajstić information content (AvgIpc) is 2.93. The third-order valence-corrected chi connectivity index (χ3v) is 5.16. The third-order valence-electron chi connectivity index (χ3n) is 5.16. The summed E-state index contributed by atoms with van der Waals surface area (Å²) in [4.78, 5) is 2.50. The second kappa shape index (κ2) is 6.28. The van der Waals surface area contributed by atoms with Crippen molar-refractivity contribution in [1.82, 2.24) is 4.90 Å². The maximum atomic E-state index is 11.3. The average molecular weight is 275 g/mol. The summed E-state index contributed by atoms with van der Waals surface area (Å²) in [6.45, 7) is 11.9. The lowest BCUT2D eigenvalue weighted by Gasteiger charge is -2.37. The molecule has 2 atom stereocenters. The molecule has 1 aromatic carbocycles. The van der Waals surface area contributed by atoms with E-state index in [-0.39, 0.29) is 5.92 Å². The Kier molecular flexibility index (Phi) is 4.87. The fraction of sp³-hybridized carbons (Fsp3) is 0.667. The highest BCUT2D eigenvalue weighted by atomic mass is 16.3. The Labute approximate surface area is 123 Å². The molecule has 0 amide bonds. The van der Waals surface area contributed by atoms with E-state index >= 15 is 0 Å². The molecule has 20 heavy (non-hydrogen) atoms. The van der Waals surface area contributed by atoms with Gasteiger partial charge in [0.2, 0.25) is 0 Å². The lowest BCUT2D eigenvalue weighted by molar-refractivity contribution is -0.0319. The number of nitrogens with zero attached hydrogens (tertiary/aromatic N) is 1. The Hall–Kier alpha value is -0.860. The molecule has 0 spiro atoms. The summed E-state index contributed by atoms with van der Waals surface area (Å²) < 4.78 is 0. The summed E-state index contributed by atoms with van der Waals surface area (Å²) in [7, 11) is 0. The molecular weight excluding hydrogens is 246 g/mol. The minimum absolute atomic E-state index is 0.256. The van der Waals surface area contributed by atoms with E-state index in [9.17, 15) is 5.11 Å². The molecule has 0 aromatic heterocycles. The Morgan fingerprint density at radius 1 is 1.25 bits per heavy atom. The first-order valence-corrected chi connectivity index (χ1v) is 8.00. The normalized spacial score (nSPS) is 20.9. The van der Waals surface area contributed by atoms with Gasteiger partial charge in [-0.2, -0.15) is 0 Å². The SMILES string of the molecule is CCC(O)(c1cccc(C)c1C)C(C)CN1CCCC1. The molecule has 0 radical (unpaired) electrons. The summed E-state index contributed by atoms with van der Waals surface area (Å²) in [5.41, 5.74) is 2.91. The first-order valence-electron chi connectivity index (χ1n) is 8.00. The van der Waals surface area contributed by atoms with Crippen molar-refractivity contribution in [3.63, 3.8) is 0 Å². The lowest BCUT2D eigenvalue weighted by atomic mass is 9.77. The smallest absolute Gasteiger partial charge is 0.0934 e. The topological polar surface area (TPSA) is 23.5 Å². The van der Waals surface area contributed by atoms with Crippen LogP contribution in [0.5, 0.6) is 0 Å². The fourth-order valence-electron chi connectivity index (χ4n) is 3.53. The van der Waals surface area contributed by atoms with Gasteiger partial charge < -0.3 is 10.0 Å². The molecule has 2 rings (SSSR count). The van der Waals surface area contributed by atoms with Crippen molar-refractivity contribution in [1.29, 1.82) is 0 Å². The number of benzene rings is 1. The number of hydrogen-bond donors (Lipinski definition) is 1. The maximum Gasteiger partial charge on any atom is 0.0934 e. The van der Waals surface area contributed by atoms with Gasteiger partial charge in [0, 0.05) is 12.5 Å². The molecule has 2 heteroatoms. The van der Waals surface area contributed by atoms with Gasteiger partial charge in [0.05, 0.1) is 5.60 Å². The van der Waals surface area contributed by atoms with Crippen LogP contribution >= 0.6 is 0 Å². The van der Waals surface area contributed by atoms with Crippen LogP contribution in [0.15, 0.2) is 18.2 Å². The van der Waals surface area contributed by atoms with Crippen LogP contribution in [0.3, 0.4) is 0 Å². The molecule has 1 fully saturated rings. The molecule has 1 N–H and O–H groups in total. The molecule has 2 nitrogen and oxygen atoms in total. The summed E-state index contributed by atoms with van der Waals surface area (Å²) in [6, 6.07) is 6.30. The Morgan fingerprint density at radius 3 is 2.50 bits per heavy atom. The van der Waals surface area contributed by atoms with Gasteiger partial charge in [-0.05, 0) is 62.9 Å². The Balaban J connectivity index is 2.24. The van der Waals surface area contributed by atoms with E-state index < -0.39 is 5.60 Å². The highest BCUT2D eigenvalue weighted by molar-refractivity contribution is 5.37. The molecule has 1 heterocycles. The molecule has 1 aliphatic rings. The van der Waals surface area contributed by atoms with Crippen LogP contribution in [0.4, 0.5) is 0 Å². The Bertz CT molecular complexity index is 451. The van der Waals surface area contributed by atoms with Gasteiger partial charge in [-0.3, -0.25) is 0 Å². The maximum absolute atomic E-state index is 11.3. The molecule has 0 saturated carbocycles. The van der Waals surface area contributed by atoms with Crippen LogP contribution in [0.1, 0.15) is 49.8 Å². The van der Waals surface area contributed by atoms with Gasteiger partial charge >= 0.3 is 0 Å². The van der Waals surface area contributed by atoms with Crippen LogP contribution in [0.25, 0.3) is 0 Å². The van der Waals surface area contributed by atoms with Gasteiger partial charge in [0.25, 0.3) is 0 Å². The fourth-order valence-corrected chi connectivity index (χ4v) is 3.53. The highest BCUT2D eigenvalue weighted by Gasteiger charge is 2.36. The molecule has 1 aromatic rings. The molecule has 112 valence electrons. The summed E-state index contributed by atoms with van der Waals surface area (Å²) in [5, 5.41) is 11.3. The first kappa shape index (κ1) is 15.5. The van der Waals surface area contributed by atoms with Crippen LogP contribution < -0.4 is 0 Å². The third kappa shape index (κ3) is 2.91. The molecule has 0 bridgehead atoms. The lowest BCUT2D eigenvalue weighted by Crippen LogP contribution is -2.40. The standard InChI is InChI=1S/C18H29NO/c1-5-18(20,15(3)13-19-11-6-7-12-19)17-10-8-9-14(2)16(17)4/h8-10,15,20H,5-7,11-13H2,1-4H3. The minimum Gasteiger partial charge on any atom is -0.385 e. The van der Waals surface area contributed by atoms with Crippen molar-refractivity contribution < 1.29 is 5.11 Å². The van der Waals surface area contributed by atoms with Gasteiger partial charge in [0.15, 0.2) is 0 Å². The monoisotopic (exact) mass is 275 g/mol. The molecule has 1 aliphatic heterocycles. The van der Waals surface area contributed by atoms with E-state index in [1.807, 2.05) is 0 Å². The van der Waals surface area contributed by atoms with Crippen LogP contribution in [-0.4, -0.2) is 29.6 Å². The zero-order chi connectivity index (χ0) is 14.8. The highest BCUT2D eigenvalue weighted by Crippen LogP contribution is 2.36. The van der Waals surface area contributed by atoms with Crippen molar-refractivity contribution in [3.05, 3.63) is 34.9 Å². The van der Waals surface area contributed by atoms with Gasteiger partial charge in [0.1, 0.15) is 0 Å². The van der Waals surface area contributed by atoms with E-state index in [1.165, 1.54) is 37.1 Å². The summed E-state index contributed by atoms with van der Waals surface area (Å²) in [6.07, 6.45) is 3.38. The Morgan fingerprint density at radius 2 is 1.90 bits per heavy atom. The first-order chi connectivity index (χ1) is 9.49. The van der Waals surface area contributed by atoms with Gasteiger partial charge in [-0.25, -0.2) is 0 Å². The van der Waals surface area contributed by atoms with Crippen molar-refractivity contribution in [2.45, 2.75) is 52.6 Å². The zero-order valence-electron chi connectivity index (χ0n) is 13.4. The van der Waals surface area contributed by atoms with E-state index in [2.05, 4.69) is 50.8 Å². The quantitative estimate of drug-likeness (QED) is 0.887. The molecule has 2 unspecified atom stereocenters. The van der Waals surface area contributed by atoms with E-state index in [0.717, 1.165) is 18.5 Å². The number of rotatable bonds is 5. The van der Waals surface area contributed by atoms with E-state index in [0.29, 0.717) is 0 Å². The number of hydrogen-bond acceptors (Lipinski definition) is 2. The minimum atomic E-state index is -0.710. The summed E-state index contributed by atoms with van der Waals surface area (Å²) >= 11 is 0. The number of aliphatic hydroxyl groups is 1. The van der Waals surface area contributed by atoms with Crippen molar-refractivity contribution in [2.75, 3.05) is 19.6 Å². The zero-order valence-corrected chi connectivity index (χ0v) is 13.4. The van der Waals surface area contributed by atoms with Gasteiger partial charge in [-0.1, -0.05) is 32.0 Å². The molecule has 0 aliphatic carbocycles. The predicted molar refractivity (Wildman–Crippen MR) is 84.9 cm³/mol. The van der Waals surface area contributed by atoms with E-state index in [1.54, 1.807) is 0 Å². The second-order valence-corrected chi connectivity index (χ2v) is 6.43. The largest absolute Gasteiger partial charge is 0.385 e. The van der Waals surface area contributed by atoms with Crippen molar-refractivity contribution >= 4 is 0 Å². The van der Waals surface area contributed by atoms with Crippen LogP contribution in [-0.2, 0) is 5.60 Å². The van der Waals surface area contributed by atoms with Crippen molar-refractivity contribution in [2.24, 2.45) is 5.92 Å². The number of likely N-dealkylation sites (tertiary alicyclic amines) is 1. The van der Waals surface area contributed by atoms with E-state index in [4.69, 9.17) is 0 Å². The summed E-state index contributed by atoms with van der Waals surface area (Å²) in [5.74, 6) is 0.256. The molecular formula is C18H29NO. The van der Waals surface area contributed by atoms with Crippen LogP contribution in [0, 0.1) is 19.8 Å². The van der Waals surface area contributed by atoms with Crippen LogP contribution in [0.2, 0.25) is 0 Å². The van der Waals surface area contributed by atoms with Gasteiger partial charge in [-0.15, -0.1) is 0 Å².